The summed E-state index contributed by atoms with van der Waals surface area (Å²) < 4.78 is 38.0. The van der Waals surface area contributed by atoms with E-state index in [0.29, 0.717) is 0 Å². The summed E-state index contributed by atoms with van der Waals surface area (Å²) in [6, 6.07) is 6.29. The lowest BCUT2D eigenvalue weighted by molar-refractivity contribution is -0.187. The highest BCUT2D eigenvalue weighted by molar-refractivity contribution is 8.22. The minimum absolute atomic E-state index is 0.0652. The van der Waals surface area contributed by atoms with Crippen LogP contribution < -0.4 is 0 Å². The van der Waals surface area contributed by atoms with E-state index in [0.717, 1.165) is 17.3 Å². The smallest absolute Gasteiger partial charge is 0.382 e. The van der Waals surface area contributed by atoms with Crippen LogP contribution in [-0.4, -0.2) is 29.1 Å². The third-order valence-electron chi connectivity index (χ3n) is 2.64. The number of aryl methyl sites for hydroxylation is 1. The summed E-state index contributed by atoms with van der Waals surface area (Å²) in [5.74, 6) is -5.45. The van der Waals surface area contributed by atoms with Crippen molar-refractivity contribution in [3.63, 3.8) is 0 Å². The molecule has 21 heavy (non-hydrogen) atoms. The Balaban J connectivity index is 3.15. The Labute approximate surface area is 132 Å². The van der Waals surface area contributed by atoms with Crippen LogP contribution in [0.25, 0.3) is 0 Å². The second-order valence-corrected chi connectivity index (χ2v) is 5.61. The first-order chi connectivity index (χ1) is 9.82. The van der Waals surface area contributed by atoms with Gasteiger partial charge >= 0.3 is 11.9 Å². The van der Waals surface area contributed by atoms with Crippen molar-refractivity contribution in [1.29, 1.82) is 0 Å². The van der Waals surface area contributed by atoms with Crippen LogP contribution in [0.1, 0.15) is 24.2 Å². The van der Waals surface area contributed by atoms with E-state index in [1.54, 1.807) is 18.4 Å². The molecule has 0 heterocycles. The maximum atomic E-state index is 14.3. The predicted molar refractivity (Wildman–Crippen MR) is 82.7 cm³/mol. The molecular formula is C14H16F2O3S2. The summed E-state index contributed by atoms with van der Waals surface area (Å²) in [6.07, 6.45) is -0.200. The number of hydrogen-bond acceptors (Lipinski definition) is 5. The van der Waals surface area contributed by atoms with Gasteiger partial charge in [0.05, 0.1) is 6.61 Å². The van der Waals surface area contributed by atoms with Gasteiger partial charge in [0, 0.05) is 0 Å². The zero-order valence-corrected chi connectivity index (χ0v) is 13.5. The third-order valence-corrected chi connectivity index (χ3v) is 3.66. The summed E-state index contributed by atoms with van der Waals surface area (Å²) in [7, 11) is 0. The van der Waals surface area contributed by atoms with E-state index in [-0.39, 0.29) is 16.6 Å². The number of benzene rings is 1. The number of carbonyl (C=O) groups excluding carboxylic acids is 1. The number of carbonyl (C=O) groups is 1. The number of thioether (sulfide) groups is 1. The van der Waals surface area contributed by atoms with Gasteiger partial charge in [0.1, 0.15) is 0 Å². The zero-order valence-electron chi connectivity index (χ0n) is 11.9. The molecule has 0 radical (unpaired) electrons. The Morgan fingerprint density at radius 1 is 1.38 bits per heavy atom. The average Bonchev–Trinajstić information content (AvgIpc) is 2.45. The molecule has 0 aliphatic heterocycles. The number of hydrogen-bond donors (Lipinski definition) is 0. The Morgan fingerprint density at radius 3 is 2.43 bits per heavy atom. The molecule has 116 valence electrons. The minimum Gasteiger partial charge on any atom is -0.463 e. The van der Waals surface area contributed by atoms with Crippen molar-refractivity contribution in [1.82, 2.24) is 0 Å². The first-order valence-electron chi connectivity index (χ1n) is 6.19. The number of ether oxygens (including phenoxy) is 2. The summed E-state index contributed by atoms with van der Waals surface area (Å²) in [4.78, 5) is 11.5. The molecule has 0 spiro atoms. The highest BCUT2D eigenvalue weighted by Gasteiger charge is 2.51. The van der Waals surface area contributed by atoms with Crippen LogP contribution in [0.4, 0.5) is 8.78 Å². The summed E-state index contributed by atoms with van der Waals surface area (Å²) in [5.41, 5.74) is 1.07. The molecule has 0 aliphatic rings. The molecule has 0 aromatic heterocycles. The molecule has 3 nitrogen and oxygen atoms in total. The van der Waals surface area contributed by atoms with Gasteiger partial charge in [0.25, 0.3) is 0 Å². The van der Waals surface area contributed by atoms with E-state index < -0.39 is 18.0 Å². The Kier molecular flexibility index (Phi) is 6.54. The monoisotopic (exact) mass is 334 g/mol. The minimum atomic E-state index is -3.83. The lowest BCUT2D eigenvalue weighted by Crippen LogP contribution is -2.39. The Morgan fingerprint density at radius 2 is 1.95 bits per heavy atom. The van der Waals surface area contributed by atoms with Gasteiger partial charge in [0.2, 0.25) is 4.38 Å². The maximum Gasteiger partial charge on any atom is 0.382 e. The number of esters is 1. The van der Waals surface area contributed by atoms with Crippen LogP contribution in [0.3, 0.4) is 0 Å². The fraction of sp³-hybridized carbons (Fsp3) is 0.429. The number of halogens is 2. The van der Waals surface area contributed by atoms with E-state index in [2.05, 4.69) is 4.74 Å². The summed E-state index contributed by atoms with van der Waals surface area (Å²) >= 11 is 5.85. The molecule has 0 fully saturated rings. The van der Waals surface area contributed by atoms with Crippen LogP contribution in [0, 0.1) is 6.92 Å². The van der Waals surface area contributed by atoms with Crippen molar-refractivity contribution in [2.75, 3.05) is 12.9 Å². The van der Waals surface area contributed by atoms with Gasteiger partial charge in [0.15, 0.2) is 6.10 Å². The molecular weight excluding hydrogens is 318 g/mol. The average molecular weight is 334 g/mol. The molecule has 1 rings (SSSR count). The molecule has 0 saturated heterocycles. The van der Waals surface area contributed by atoms with Crippen LogP contribution in [0.5, 0.6) is 0 Å². The third kappa shape index (κ3) is 4.64. The lowest BCUT2D eigenvalue weighted by Gasteiger charge is -2.26. The summed E-state index contributed by atoms with van der Waals surface area (Å²) in [5, 5.41) is 0. The van der Waals surface area contributed by atoms with Crippen LogP contribution >= 0.6 is 24.0 Å². The van der Waals surface area contributed by atoms with Gasteiger partial charge in [-0.05, 0) is 37.9 Å². The molecule has 1 aromatic carbocycles. The second-order valence-electron chi connectivity index (χ2n) is 4.21. The fourth-order valence-corrected chi connectivity index (χ4v) is 1.86. The van der Waals surface area contributed by atoms with E-state index in [1.807, 2.05) is 6.92 Å². The molecule has 7 heteroatoms. The van der Waals surface area contributed by atoms with Gasteiger partial charge in [-0.2, -0.15) is 8.78 Å². The molecule has 0 amide bonds. The number of thiocarbonyl (C=S) groups is 1. The number of alkyl halides is 2. The highest BCUT2D eigenvalue weighted by Crippen LogP contribution is 2.37. The standard InChI is InChI=1S/C14H16F2O3S2/c1-4-18-12(17)14(15,16)11(19-13(20)21-3)10-7-5-9(2)6-8-10/h5-8,11H,4H2,1-3H3. The van der Waals surface area contributed by atoms with E-state index in [4.69, 9.17) is 17.0 Å². The van der Waals surface area contributed by atoms with E-state index in [9.17, 15) is 13.6 Å². The van der Waals surface area contributed by atoms with Crippen molar-refractivity contribution in [2.24, 2.45) is 0 Å². The van der Waals surface area contributed by atoms with E-state index in [1.165, 1.54) is 19.1 Å². The normalized spacial score (nSPS) is 12.6. The van der Waals surface area contributed by atoms with Crippen molar-refractivity contribution >= 4 is 34.3 Å². The van der Waals surface area contributed by atoms with Gasteiger partial charge in [-0.25, -0.2) is 4.79 Å². The van der Waals surface area contributed by atoms with Gasteiger partial charge in [-0.1, -0.05) is 41.6 Å². The molecule has 0 bridgehead atoms. The second kappa shape index (κ2) is 7.70. The van der Waals surface area contributed by atoms with Crippen LogP contribution in [0.15, 0.2) is 24.3 Å². The Hall–Kier alpha value is -1.21. The molecule has 1 aromatic rings. The maximum absolute atomic E-state index is 14.3. The predicted octanol–water partition coefficient (Wildman–Crippen LogP) is 3.90. The lowest BCUT2D eigenvalue weighted by atomic mass is 10.0. The SMILES string of the molecule is CCOC(=O)C(F)(F)C(OC(=S)SC)c1ccc(C)cc1. The molecule has 0 aliphatic carbocycles. The molecule has 0 N–H and O–H groups in total. The Bertz CT molecular complexity index is 503. The first kappa shape index (κ1) is 17.8. The largest absolute Gasteiger partial charge is 0.463 e. The van der Waals surface area contributed by atoms with Crippen molar-refractivity contribution in [2.45, 2.75) is 25.9 Å². The van der Waals surface area contributed by atoms with Crippen LogP contribution in [0.2, 0.25) is 0 Å². The highest BCUT2D eigenvalue weighted by atomic mass is 32.2. The van der Waals surface area contributed by atoms with Crippen LogP contribution in [-0.2, 0) is 14.3 Å². The van der Waals surface area contributed by atoms with E-state index >= 15 is 0 Å². The van der Waals surface area contributed by atoms with Crippen molar-refractivity contribution < 1.29 is 23.0 Å². The van der Waals surface area contributed by atoms with Crippen molar-refractivity contribution in [3.8, 4) is 0 Å². The van der Waals surface area contributed by atoms with Gasteiger partial charge in [-0.3, -0.25) is 0 Å². The molecule has 0 saturated carbocycles. The number of rotatable bonds is 5. The van der Waals surface area contributed by atoms with Gasteiger partial charge in [-0.15, -0.1) is 0 Å². The molecule has 1 unspecified atom stereocenters. The molecule has 1 atom stereocenters. The van der Waals surface area contributed by atoms with Crippen molar-refractivity contribution in [3.05, 3.63) is 35.4 Å². The topological polar surface area (TPSA) is 35.5 Å². The fourth-order valence-electron chi connectivity index (χ4n) is 1.57. The summed E-state index contributed by atoms with van der Waals surface area (Å²) in [6.45, 7) is 3.15. The zero-order chi connectivity index (χ0) is 16.0. The first-order valence-corrected chi connectivity index (χ1v) is 7.82. The van der Waals surface area contributed by atoms with Gasteiger partial charge < -0.3 is 9.47 Å². The quantitative estimate of drug-likeness (QED) is 0.603.